The standard InChI is InChI=1S/C20H23ClN2O3S/c21-18-6-8-19(9-7-18)27(25,26)23-14-11-17(12-15-23)20(24)22-13-10-16-4-2-1-3-5-16/h1-9,17H,10-15H2,(H,22,24). The second-order valence-electron chi connectivity index (χ2n) is 6.66. The SMILES string of the molecule is O=C(NCCc1ccccc1)C1CCN(S(=O)(=O)c2ccc(Cl)cc2)CC1. The lowest BCUT2D eigenvalue weighted by atomic mass is 9.97. The van der Waals surface area contributed by atoms with Crippen molar-refractivity contribution in [1.82, 2.24) is 9.62 Å². The van der Waals surface area contributed by atoms with Gasteiger partial charge in [0.1, 0.15) is 0 Å². The molecule has 3 rings (SSSR count). The van der Waals surface area contributed by atoms with Gasteiger partial charge in [-0.3, -0.25) is 4.79 Å². The van der Waals surface area contributed by atoms with E-state index in [4.69, 9.17) is 11.6 Å². The number of piperidine rings is 1. The topological polar surface area (TPSA) is 66.5 Å². The van der Waals surface area contributed by atoms with Crippen LogP contribution in [0.5, 0.6) is 0 Å². The number of benzene rings is 2. The molecule has 27 heavy (non-hydrogen) atoms. The quantitative estimate of drug-likeness (QED) is 0.801. The molecule has 0 spiro atoms. The predicted molar refractivity (Wildman–Crippen MR) is 106 cm³/mol. The normalized spacial score (nSPS) is 16.2. The van der Waals surface area contributed by atoms with Crippen LogP contribution in [0.25, 0.3) is 0 Å². The molecular weight excluding hydrogens is 384 g/mol. The zero-order valence-corrected chi connectivity index (χ0v) is 16.5. The van der Waals surface area contributed by atoms with Gasteiger partial charge in [-0.25, -0.2) is 8.42 Å². The summed E-state index contributed by atoms with van der Waals surface area (Å²) in [6.07, 6.45) is 1.85. The van der Waals surface area contributed by atoms with Gasteiger partial charge in [-0.05, 0) is 49.1 Å². The van der Waals surface area contributed by atoms with Crippen molar-refractivity contribution in [3.05, 3.63) is 65.2 Å². The maximum absolute atomic E-state index is 12.7. The fraction of sp³-hybridized carbons (Fsp3) is 0.350. The summed E-state index contributed by atoms with van der Waals surface area (Å²) >= 11 is 5.83. The second kappa shape index (κ2) is 8.87. The highest BCUT2D eigenvalue weighted by atomic mass is 35.5. The van der Waals surface area contributed by atoms with Crippen molar-refractivity contribution < 1.29 is 13.2 Å². The summed E-state index contributed by atoms with van der Waals surface area (Å²) in [5, 5.41) is 3.47. The van der Waals surface area contributed by atoms with Gasteiger partial charge in [0.25, 0.3) is 0 Å². The first-order chi connectivity index (χ1) is 13.0. The number of sulfonamides is 1. The van der Waals surface area contributed by atoms with Crippen LogP contribution in [-0.2, 0) is 21.2 Å². The van der Waals surface area contributed by atoms with Crippen molar-refractivity contribution in [3.8, 4) is 0 Å². The molecule has 1 N–H and O–H groups in total. The molecule has 0 atom stereocenters. The predicted octanol–water partition coefficient (Wildman–Crippen LogP) is 3.10. The maximum atomic E-state index is 12.7. The van der Waals surface area contributed by atoms with Gasteiger partial charge in [-0.2, -0.15) is 4.31 Å². The smallest absolute Gasteiger partial charge is 0.243 e. The molecule has 2 aromatic carbocycles. The van der Waals surface area contributed by atoms with Crippen molar-refractivity contribution in [3.63, 3.8) is 0 Å². The van der Waals surface area contributed by atoms with Crippen LogP contribution in [0, 0.1) is 5.92 Å². The van der Waals surface area contributed by atoms with Gasteiger partial charge in [0.2, 0.25) is 15.9 Å². The second-order valence-corrected chi connectivity index (χ2v) is 9.03. The van der Waals surface area contributed by atoms with Crippen molar-refractivity contribution in [2.75, 3.05) is 19.6 Å². The molecule has 0 aromatic heterocycles. The van der Waals surface area contributed by atoms with E-state index in [9.17, 15) is 13.2 Å². The number of halogens is 1. The Balaban J connectivity index is 1.49. The Labute approximate surface area is 165 Å². The molecule has 5 nitrogen and oxygen atoms in total. The largest absolute Gasteiger partial charge is 0.356 e. The third-order valence-electron chi connectivity index (χ3n) is 4.83. The summed E-state index contributed by atoms with van der Waals surface area (Å²) in [6.45, 7) is 1.29. The molecule has 0 aliphatic carbocycles. The average molecular weight is 407 g/mol. The molecule has 2 aromatic rings. The van der Waals surface area contributed by atoms with E-state index in [1.54, 1.807) is 12.1 Å². The zero-order chi connectivity index (χ0) is 19.3. The van der Waals surface area contributed by atoms with Gasteiger partial charge in [-0.1, -0.05) is 41.9 Å². The van der Waals surface area contributed by atoms with Crippen molar-refractivity contribution in [2.45, 2.75) is 24.2 Å². The molecular formula is C20H23ClN2O3S. The number of nitrogens with one attached hydrogen (secondary N) is 1. The lowest BCUT2D eigenvalue weighted by Gasteiger charge is -2.30. The Bertz CT molecular complexity index is 862. The highest BCUT2D eigenvalue weighted by Gasteiger charge is 2.31. The van der Waals surface area contributed by atoms with Crippen LogP contribution in [0.3, 0.4) is 0 Å². The van der Waals surface area contributed by atoms with Crippen LogP contribution in [0.2, 0.25) is 5.02 Å². The molecule has 0 bridgehead atoms. The molecule has 144 valence electrons. The van der Waals surface area contributed by atoms with Gasteiger partial charge in [0.15, 0.2) is 0 Å². The van der Waals surface area contributed by atoms with Crippen molar-refractivity contribution in [2.24, 2.45) is 5.92 Å². The maximum Gasteiger partial charge on any atom is 0.243 e. The lowest BCUT2D eigenvalue weighted by molar-refractivity contribution is -0.126. The first-order valence-electron chi connectivity index (χ1n) is 9.04. The van der Waals surface area contributed by atoms with Gasteiger partial charge >= 0.3 is 0 Å². The fourth-order valence-corrected chi connectivity index (χ4v) is 4.83. The third kappa shape index (κ3) is 5.09. The Morgan fingerprint density at radius 2 is 1.67 bits per heavy atom. The van der Waals surface area contributed by atoms with Crippen LogP contribution >= 0.6 is 11.6 Å². The van der Waals surface area contributed by atoms with Gasteiger partial charge in [0.05, 0.1) is 4.90 Å². The van der Waals surface area contributed by atoms with Crippen molar-refractivity contribution in [1.29, 1.82) is 0 Å². The lowest BCUT2D eigenvalue weighted by Crippen LogP contribution is -2.43. The minimum absolute atomic E-state index is 0.00877. The van der Waals surface area contributed by atoms with E-state index >= 15 is 0 Å². The van der Waals surface area contributed by atoms with Crippen LogP contribution in [0.4, 0.5) is 0 Å². The number of carbonyl (C=O) groups excluding carboxylic acids is 1. The van der Waals surface area contributed by atoms with E-state index in [0.717, 1.165) is 6.42 Å². The number of nitrogens with zero attached hydrogens (tertiary/aromatic N) is 1. The molecule has 1 heterocycles. The molecule has 1 amide bonds. The summed E-state index contributed by atoms with van der Waals surface area (Å²) in [5.41, 5.74) is 1.18. The van der Waals surface area contributed by atoms with Crippen LogP contribution in [-0.4, -0.2) is 38.3 Å². The number of carbonyl (C=O) groups is 1. The first-order valence-corrected chi connectivity index (χ1v) is 10.9. The van der Waals surface area contributed by atoms with E-state index in [1.165, 1.54) is 22.0 Å². The molecule has 0 unspecified atom stereocenters. The minimum atomic E-state index is -3.54. The first kappa shape index (κ1) is 19.9. The minimum Gasteiger partial charge on any atom is -0.356 e. The molecule has 1 fully saturated rings. The van der Waals surface area contributed by atoms with E-state index in [0.29, 0.717) is 37.5 Å². The molecule has 0 saturated carbocycles. The molecule has 0 radical (unpaired) electrons. The third-order valence-corrected chi connectivity index (χ3v) is 7.00. The Morgan fingerprint density at radius 3 is 2.30 bits per heavy atom. The van der Waals surface area contributed by atoms with E-state index in [2.05, 4.69) is 5.32 Å². The Hall–Kier alpha value is -1.89. The van der Waals surface area contributed by atoms with E-state index < -0.39 is 10.0 Å². The van der Waals surface area contributed by atoms with Gasteiger partial charge < -0.3 is 5.32 Å². The highest BCUT2D eigenvalue weighted by molar-refractivity contribution is 7.89. The molecule has 1 aliphatic rings. The summed E-state index contributed by atoms with van der Waals surface area (Å²) in [6, 6.07) is 16.2. The summed E-state index contributed by atoms with van der Waals surface area (Å²) in [5.74, 6) is -0.132. The monoisotopic (exact) mass is 406 g/mol. The fourth-order valence-electron chi connectivity index (χ4n) is 3.23. The number of rotatable bonds is 6. The van der Waals surface area contributed by atoms with E-state index in [-0.39, 0.29) is 16.7 Å². The van der Waals surface area contributed by atoms with Gasteiger partial charge in [0, 0.05) is 30.6 Å². The number of hydrogen-bond acceptors (Lipinski definition) is 3. The summed E-state index contributed by atoms with van der Waals surface area (Å²) in [4.78, 5) is 12.6. The van der Waals surface area contributed by atoms with Gasteiger partial charge in [-0.15, -0.1) is 0 Å². The van der Waals surface area contributed by atoms with E-state index in [1.807, 2.05) is 30.3 Å². The number of amides is 1. The van der Waals surface area contributed by atoms with Crippen LogP contribution in [0.1, 0.15) is 18.4 Å². The average Bonchev–Trinajstić information content (AvgIpc) is 2.69. The molecule has 1 saturated heterocycles. The number of hydrogen-bond donors (Lipinski definition) is 1. The van der Waals surface area contributed by atoms with Crippen molar-refractivity contribution >= 4 is 27.5 Å². The summed E-state index contributed by atoms with van der Waals surface area (Å²) in [7, 11) is -3.54. The van der Waals surface area contributed by atoms with Crippen LogP contribution < -0.4 is 5.32 Å². The Kier molecular flexibility index (Phi) is 6.52. The Morgan fingerprint density at radius 1 is 1.04 bits per heavy atom. The molecule has 7 heteroatoms. The summed E-state index contributed by atoms with van der Waals surface area (Å²) < 4.78 is 26.8. The van der Waals surface area contributed by atoms with Crippen LogP contribution in [0.15, 0.2) is 59.5 Å². The zero-order valence-electron chi connectivity index (χ0n) is 15.0. The molecule has 1 aliphatic heterocycles. The highest BCUT2D eigenvalue weighted by Crippen LogP contribution is 2.24.